The number of allylic oxidation sites excluding steroid dienone is 2. The van der Waals surface area contributed by atoms with E-state index < -0.39 is 0 Å². The summed E-state index contributed by atoms with van der Waals surface area (Å²) in [4.78, 5) is 0. The molecule has 0 N–H and O–H groups in total. The third kappa shape index (κ3) is 1.67. The van der Waals surface area contributed by atoms with Gasteiger partial charge < -0.3 is 0 Å². The van der Waals surface area contributed by atoms with Gasteiger partial charge in [0, 0.05) is 4.47 Å². The molecule has 0 nitrogen and oxygen atoms in total. The predicted octanol–water partition coefficient (Wildman–Crippen LogP) is 4.50. The molecule has 1 heteroatoms. The summed E-state index contributed by atoms with van der Waals surface area (Å²) in [6.45, 7) is 2.24. The molecular formula is C14H15Br. The number of hydrogen-bond acceptors (Lipinski definition) is 0. The highest BCUT2D eigenvalue weighted by Gasteiger charge is 2.29. The van der Waals surface area contributed by atoms with Crippen LogP contribution in [-0.2, 0) is 6.42 Å². The topological polar surface area (TPSA) is 0 Å². The van der Waals surface area contributed by atoms with Crippen LogP contribution in [-0.4, -0.2) is 0 Å². The van der Waals surface area contributed by atoms with Gasteiger partial charge in [-0.2, -0.15) is 0 Å². The van der Waals surface area contributed by atoms with Crippen LogP contribution >= 0.6 is 15.9 Å². The van der Waals surface area contributed by atoms with Gasteiger partial charge in [0.15, 0.2) is 0 Å². The smallest absolute Gasteiger partial charge is 0.0184 e. The van der Waals surface area contributed by atoms with Crippen molar-refractivity contribution in [2.45, 2.75) is 32.6 Å². The molecule has 15 heavy (non-hydrogen) atoms. The fourth-order valence-electron chi connectivity index (χ4n) is 2.63. The Labute approximate surface area is 99.5 Å². The van der Waals surface area contributed by atoms with E-state index in [1.165, 1.54) is 41.3 Å². The molecule has 0 bridgehead atoms. The first kappa shape index (κ1) is 9.65. The van der Waals surface area contributed by atoms with E-state index in [0.29, 0.717) is 0 Å². The molecule has 2 aliphatic rings. The van der Waals surface area contributed by atoms with Gasteiger partial charge in [-0.05, 0) is 72.9 Å². The zero-order valence-electron chi connectivity index (χ0n) is 9.02. The van der Waals surface area contributed by atoms with Gasteiger partial charge in [0.05, 0.1) is 0 Å². The maximum atomic E-state index is 3.61. The monoisotopic (exact) mass is 262 g/mol. The second-order valence-corrected chi connectivity index (χ2v) is 5.64. The Bertz CT molecular complexity index is 439. The van der Waals surface area contributed by atoms with Crippen LogP contribution in [0.1, 0.15) is 36.0 Å². The Hall–Kier alpha value is -0.560. The number of halogens is 1. The van der Waals surface area contributed by atoms with Gasteiger partial charge in [-0.25, -0.2) is 0 Å². The van der Waals surface area contributed by atoms with Crippen LogP contribution in [0.5, 0.6) is 0 Å². The van der Waals surface area contributed by atoms with E-state index in [2.05, 4.69) is 41.1 Å². The van der Waals surface area contributed by atoms with Crippen molar-refractivity contribution in [1.82, 2.24) is 0 Å². The van der Waals surface area contributed by atoms with E-state index in [9.17, 15) is 0 Å². The molecule has 1 aromatic carbocycles. The number of aryl methyl sites for hydroxylation is 1. The molecular weight excluding hydrogens is 248 g/mol. The Balaban J connectivity index is 2.15. The van der Waals surface area contributed by atoms with E-state index in [-0.39, 0.29) is 0 Å². The third-order valence-corrected chi connectivity index (χ3v) is 3.98. The highest BCUT2D eigenvalue weighted by Crippen LogP contribution is 2.45. The number of hydrogen-bond donors (Lipinski definition) is 0. The molecule has 0 radical (unpaired) electrons. The van der Waals surface area contributed by atoms with Crippen molar-refractivity contribution in [2.75, 3.05) is 0 Å². The summed E-state index contributed by atoms with van der Waals surface area (Å²) in [7, 11) is 0. The van der Waals surface area contributed by atoms with E-state index in [4.69, 9.17) is 0 Å². The molecule has 0 unspecified atom stereocenters. The molecule has 0 spiro atoms. The van der Waals surface area contributed by atoms with Gasteiger partial charge >= 0.3 is 0 Å². The summed E-state index contributed by atoms with van der Waals surface area (Å²) in [5.74, 6) is 0.873. The maximum absolute atomic E-state index is 3.61. The normalized spacial score (nSPS) is 19.7. The molecule has 0 amide bonds. The standard InChI is InChI=1S/C14H15Br/c1-9-7-11(15)8-14-12(9)3-2-4-13(14)10-5-6-10/h4,7-8,10H,2-3,5-6H2,1H3. The molecule has 78 valence electrons. The number of fused-ring (bicyclic) bond motifs is 1. The lowest BCUT2D eigenvalue weighted by Crippen LogP contribution is -2.03. The Morgan fingerprint density at radius 3 is 2.80 bits per heavy atom. The largest absolute Gasteiger partial charge is 0.0801 e. The molecule has 1 aromatic rings. The van der Waals surface area contributed by atoms with Crippen molar-refractivity contribution in [3.63, 3.8) is 0 Å². The van der Waals surface area contributed by atoms with Gasteiger partial charge in [-0.15, -0.1) is 0 Å². The molecule has 0 aromatic heterocycles. The summed E-state index contributed by atoms with van der Waals surface area (Å²) in [5, 5.41) is 0. The zero-order chi connectivity index (χ0) is 10.4. The summed E-state index contributed by atoms with van der Waals surface area (Å²) >= 11 is 3.61. The molecule has 0 heterocycles. The van der Waals surface area contributed by atoms with Gasteiger partial charge in [-0.3, -0.25) is 0 Å². The SMILES string of the molecule is Cc1cc(Br)cc2c1CCC=C2C1CC1. The van der Waals surface area contributed by atoms with Crippen molar-refractivity contribution >= 4 is 21.5 Å². The highest BCUT2D eigenvalue weighted by atomic mass is 79.9. The fraction of sp³-hybridized carbons (Fsp3) is 0.429. The van der Waals surface area contributed by atoms with E-state index in [0.717, 1.165) is 5.92 Å². The van der Waals surface area contributed by atoms with E-state index >= 15 is 0 Å². The highest BCUT2D eigenvalue weighted by molar-refractivity contribution is 9.10. The fourth-order valence-corrected chi connectivity index (χ4v) is 3.20. The van der Waals surface area contributed by atoms with Crippen LogP contribution in [0, 0.1) is 12.8 Å². The van der Waals surface area contributed by atoms with Crippen molar-refractivity contribution in [2.24, 2.45) is 5.92 Å². The number of benzene rings is 1. The lowest BCUT2D eigenvalue weighted by atomic mass is 9.86. The Kier molecular flexibility index (Phi) is 2.24. The molecule has 2 aliphatic carbocycles. The van der Waals surface area contributed by atoms with Crippen LogP contribution in [0.2, 0.25) is 0 Å². The molecule has 0 aliphatic heterocycles. The van der Waals surface area contributed by atoms with Gasteiger partial charge in [-0.1, -0.05) is 22.0 Å². The molecule has 3 rings (SSSR count). The van der Waals surface area contributed by atoms with Gasteiger partial charge in [0.1, 0.15) is 0 Å². The van der Waals surface area contributed by atoms with Crippen LogP contribution in [0.3, 0.4) is 0 Å². The lowest BCUT2D eigenvalue weighted by molar-refractivity contribution is 0.937. The first-order valence-corrected chi connectivity index (χ1v) is 6.54. The Morgan fingerprint density at radius 2 is 2.07 bits per heavy atom. The van der Waals surface area contributed by atoms with E-state index in [1.54, 1.807) is 11.1 Å². The zero-order valence-corrected chi connectivity index (χ0v) is 10.6. The van der Waals surface area contributed by atoms with Crippen LogP contribution in [0.25, 0.3) is 5.57 Å². The molecule has 1 saturated carbocycles. The number of rotatable bonds is 1. The average molecular weight is 263 g/mol. The van der Waals surface area contributed by atoms with Gasteiger partial charge in [0.2, 0.25) is 0 Å². The summed E-state index contributed by atoms with van der Waals surface area (Å²) in [6.07, 6.45) is 7.73. The third-order valence-electron chi connectivity index (χ3n) is 3.52. The first-order valence-electron chi connectivity index (χ1n) is 5.75. The molecule has 1 fully saturated rings. The first-order chi connectivity index (χ1) is 7.25. The average Bonchev–Trinajstić information content (AvgIpc) is 3.00. The van der Waals surface area contributed by atoms with Crippen LogP contribution < -0.4 is 0 Å². The lowest BCUT2D eigenvalue weighted by Gasteiger charge is -2.20. The minimum absolute atomic E-state index is 0.873. The van der Waals surface area contributed by atoms with Crippen LogP contribution in [0.4, 0.5) is 0 Å². The van der Waals surface area contributed by atoms with Crippen molar-refractivity contribution in [3.8, 4) is 0 Å². The second-order valence-electron chi connectivity index (χ2n) is 4.72. The minimum atomic E-state index is 0.873. The van der Waals surface area contributed by atoms with Gasteiger partial charge in [0.25, 0.3) is 0 Å². The minimum Gasteiger partial charge on any atom is -0.0801 e. The predicted molar refractivity (Wildman–Crippen MR) is 67.9 cm³/mol. The maximum Gasteiger partial charge on any atom is 0.0184 e. The quantitative estimate of drug-likeness (QED) is 0.700. The summed E-state index contributed by atoms with van der Waals surface area (Å²) in [5.41, 5.74) is 6.18. The second kappa shape index (κ2) is 3.48. The van der Waals surface area contributed by atoms with Crippen molar-refractivity contribution < 1.29 is 0 Å². The molecule has 0 atom stereocenters. The van der Waals surface area contributed by atoms with Crippen molar-refractivity contribution in [3.05, 3.63) is 39.4 Å². The summed E-state index contributed by atoms with van der Waals surface area (Å²) in [6, 6.07) is 4.56. The molecule has 0 saturated heterocycles. The Morgan fingerprint density at radius 1 is 1.27 bits per heavy atom. The van der Waals surface area contributed by atoms with Crippen molar-refractivity contribution in [1.29, 1.82) is 0 Å². The van der Waals surface area contributed by atoms with Crippen LogP contribution in [0.15, 0.2) is 22.7 Å². The summed E-state index contributed by atoms with van der Waals surface area (Å²) < 4.78 is 1.23. The van der Waals surface area contributed by atoms with E-state index in [1.807, 2.05) is 0 Å².